The average Bonchev–Trinajstić information content (AvgIpc) is 2.84. The van der Waals surface area contributed by atoms with Crippen LogP contribution < -0.4 is 15.8 Å². The summed E-state index contributed by atoms with van der Waals surface area (Å²) in [5, 5.41) is 3.09. The summed E-state index contributed by atoms with van der Waals surface area (Å²) < 4.78 is 5.67. The zero-order valence-corrected chi connectivity index (χ0v) is 14.2. The molecule has 2 atom stereocenters. The van der Waals surface area contributed by atoms with Crippen LogP contribution in [0.2, 0.25) is 0 Å². The van der Waals surface area contributed by atoms with Crippen molar-refractivity contribution in [3.63, 3.8) is 0 Å². The molecule has 4 nitrogen and oxygen atoms in total. The number of nitrogens with two attached hydrogens (primary N) is 1. The van der Waals surface area contributed by atoms with Crippen molar-refractivity contribution < 1.29 is 9.53 Å². The SMILES string of the molecule is Cc1cc(C)cc(OCCC(=O)NC2CCCC2CN)c1.Cl. The molecule has 1 aromatic rings. The van der Waals surface area contributed by atoms with Crippen LogP contribution in [-0.4, -0.2) is 25.1 Å². The van der Waals surface area contributed by atoms with Crippen LogP contribution >= 0.6 is 12.4 Å². The van der Waals surface area contributed by atoms with Crippen molar-refractivity contribution in [2.24, 2.45) is 11.7 Å². The third-order valence-corrected chi connectivity index (χ3v) is 4.10. The number of aryl methyl sites for hydroxylation is 2. The molecule has 0 aliphatic heterocycles. The number of carbonyl (C=O) groups is 1. The van der Waals surface area contributed by atoms with E-state index in [0.29, 0.717) is 25.5 Å². The summed E-state index contributed by atoms with van der Waals surface area (Å²) in [7, 11) is 0. The first-order chi connectivity index (χ1) is 10.1. The maximum absolute atomic E-state index is 12.0. The Balaban J connectivity index is 0.00000242. The van der Waals surface area contributed by atoms with Crippen LogP contribution in [0.15, 0.2) is 18.2 Å². The second kappa shape index (κ2) is 9.01. The summed E-state index contributed by atoms with van der Waals surface area (Å²) in [5.41, 5.74) is 8.07. The van der Waals surface area contributed by atoms with E-state index in [2.05, 4.69) is 11.4 Å². The molecule has 124 valence electrons. The Labute approximate surface area is 139 Å². The molecule has 2 rings (SSSR count). The molecule has 0 spiro atoms. The van der Waals surface area contributed by atoms with E-state index in [9.17, 15) is 4.79 Å². The number of halogens is 1. The lowest BCUT2D eigenvalue weighted by molar-refractivity contribution is -0.122. The highest BCUT2D eigenvalue weighted by Crippen LogP contribution is 2.24. The highest BCUT2D eigenvalue weighted by molar-refractivity contribution is 5.85. The highest BCUT2D eigenvalue weighted by Gasteiger charge is 2.27. The lowest BCUT2D eigenvalue weighted by atomic mass is 10.0. The fourth-order valence-electron chi connectivity index (χ4n) is 3.07. The number of benzene rings is 1. The van der Waals surface area contributed by atoms with Gasteiger partial charge >= 0.3 is 0 Å². The van der Waals surface area contributed by atoms with E-state index < -0.39 is 0 Å². The topological polar surface area (TPSA) is 64.3 Å². The molecule has 3 N–H and O–H groups in total. The average molecular weight is 327 g/mol. The van der Waals surface area contributed by atoms with Crippen LogP contribution in [0.1, 0.15) is 36.8 Å². The van der Waals surface area contributed by atoms with Gasteiger partial charge in [0.25, 0.3) is 0 Å². The molecule has 0 aromatic heterocycles. The van der Waals surface area contributed by atoms with Gasteiger partial charge in [0.15, 0.2) is 0 Å². The molecule has 0 saturated heterocycles. The van der Waals surface area contributed by atoms with E-state index in [1.165, 1.54) is 11.1 Å². The summed E-state index contributed by atoms with van der Waals surface area (Å²) in [6.07, 6.45) is 3.72. The molecular formula is C17H27ClN2O2. The first-order valence-electron chi connectivity index (χ1n) is 7.79. The van der Waals surface area contributed by atoms with Gasteiger partial charge in [-0.15, -0.1) is 12.4 Å². The molecule has 1 aliphatic carbocycles. The lowest BCUT2D eigenvalue weighted by Gasteiger charge is -2.19. The molecule has 1 aromatic carbocycles. The van der Waals surface area contributed by atoms with Crippen LogP contribution in [0.25, 0.3) is 0 Å². The molecule has 1 aliphatic rings. The summed E-state index contributed by atoms with van der Waals surface area (Å²) in [6, 6.07) is 6.34. The third kappa shape index (κ3) is 5.50. The van der Waals surface area contributed by atoms with Crippen LogP contribution in [0.5, 0.6) is 5.75 Å². The van der Waals surface area contributed by atoms with Crippen molar-refractivity contribution in [2.75, 3.05) is 13.2 Å². The molecular weight excluding hydrogens is 300 g/mol. The van der Waals surface area contributed by atoms with Gasteiger partial charge in [-0.1, -0.05) is 12.5 Å². The monoisotopic (exact) mass is 326 g/mol. The van der Waals surface area contributed by atoms with E-state index in [0.717, 1.165) is 25.0 Å². The quantitative estimate of drug-likeness (QED) is 0.844. The molecule has 1 fully saturated rings. The predicted molar refractivity (Wildman–Crippen MR) is 91.6 cm³/mol. The van der Waals surface area contributed by atoms with Gasteiger partial charge in [-0.2, -0.15) is 0 Å². The van der Waals surface area contributed by atoms with Crippen molar-refractivity contribution in [3.05, 3.63) is 29.3 Å². The van der Waals surface area contributed by atoms with Crippen molar-refractivity contribution >= 4 is 18.3 Å². The fraction of sp³-hybridized carbons (Fsp3) is 0.588. The Morgan fingerprint density at radius 2 is 1.95 bits per heavy atom. The maximum atomic E-state index is 12.0. The maximum Gasteiger partial charge on any atom is 0.223 e. The molecule has 2 unspecified atom stereocenters. The summed E-state index contributed by atoms with van der Waals surface area (Å²) in [6.45, 7) is 5.15. The Morgan fingerprint density at radius 3 is 2.59 bits per heavy atom. The largest absolute Gasteiger partial charge is 0.493 e. The number of nitrogens with one attached hydrogen (secondary N) is 1. The van der Waals surface area contributed by atoms with Crippen molar-refractivity contribution in [2.45, 2.75) is 45.6 Å². The minimum Gasteiger partial charge on any atom is -0.493 e. The zero-order chi connectivity index (χ0) is 15.2. The van der Waals surface area contributed by atoms with Gasteiger partial charge in [0, 0.05) is 6.04 Å². The number of amides is 1. The van der Waals surface area contributed by atoms with Gasteiger partial charge in [-0.25, -0.2) is 0 Å². The number of rotatable bonds is 6. The molecule has 0 bridgehead atoms. The molecule has 1 saturated carbocycles. The molecule has 0 radical (unpaired) electrons. The zero-order valence-electron chi connectivity index (χ0n) is 13.4. The second-order valence-corrected chi connectivity index (χ2v) is 6.02. The van der Waals surface area contributed by atoms with Gasteiger partial charge in [0.1, 0.15) is 5.75 Å². The first-order valence-corrected chi connectivity index (χ1v) is 7.79. The molecule has 5 heteroatoms. The van der Waals surface area contributed by atoms with Crippen LogP contribution in [-0.2, 0) is 4.79 Å². The van der Waals surface area contributed by atoms with Gasteiger partial charge < -0.3 is 15.8 Å². The van der Waals surface area contributed by atoms with E-state index >= 15 is 0 Å². The van der Waals surface area contributed by atoms with E-state index in [-0.39, 0.29) is 24.4 Å². The standard InChI is InChI=1S/C17H26N2O2.ClH/c1-12-8-13(2)10-15(9-12)21-7-6-17(20)19-16-5-3-4-14(16)11-18;/h8-10,14,16H,3-7,11,18H2,1-2H3,(H,19,20);1H. The number of ether oxygens (including phenoxy) is 1. The summed E-state index contributed by atoms with van der Waals surface area (Å²) in [4.78, 5) is 12.0. The summed E-state index contributed by atoms with van der Waals surface area (Å²) >= 11 is 0. The Kier molecular flexibility index (Phi) is 7.69. The van der Waals surface area contributed by atoms with Crippen LogP contribution in [0, 0.1) is 19.8 Å². The second-order valence-electron chi connectivity index (χ2n) is 6.02. The summed E-state index contributed by atoms with van der Waals surface area (Å²) in [5.74, 6) is 1.33. The smallest absolute Gasteiger partial charge is 0.223 e. The van der Waals surface area contributed by atoms with Crippen molar-refractivity contribution in [3.8, 4) is 5.75 Å². The van der Waals surface area contributed by atoms with E-state index in [1.54, 1.807) is 0 Å². The van der Waals surface area contributed by atoms with Gasteiger partial charge in [0.05, 0.1) is 13.0 Å². The Morgan fingerprint density at radius 1 is 1.27 bits per heavy atom. The first kappa shape index (κ1) is 18.8. The number of hydrogen-bond acceptors (Lipinski definition) is 3. The van der Waals surface area contributed by atoms with Gasteiger partial charge in [-0.3, -0.25) is 4.79 Å². The predicted octanol–water partition coefficient (Wildman–Crippen LogP) is 2.74. The van der Waals surface area contributed by atoms with E-state index in [4.69, 9.17) is 10.5 Å². The van der Waals surface area contributed by atoms with Crippen LogP contribution in [0.3, 0.4) is 0 Å². The number of carbonyl (C=O) groups excluding carboxylic acids is 1. The van der Waals surface area contributed by atoms with Gasteiger partial charge in [0.2, 0.25) is 5.91 Å². The molecule has 1 amide bonds. The Hall–Kier alpha value is -1.26. The number of hydrogen-bond donors (Lipinski definition) is 2. The minimum atomic E-state index is 0. The normalized spacial score (nSPS) is 20.3. The molecule has 0 heterocycles. The highest BCUT2D eigenvalue weighted by atomic mass is 35.5. The lowest BCUT2D eigenvalue weighted by Crippen LogP contribution is -2.40. The fourth-order valence-corrected chi connectivity index (χ4v) is 3.07. The Bertz CT molecular complexity index is 473. The van der Waals surface area contributed by atoms with Crippen molar-refractivity contribution in [1.29, 1.82) is 0 Å². The van der Waals surface area contributed by atoms with Gasteiger partial charge in [-0.05, 0) is 62.4 Å². The minimum absolute atomic E-state index is 0. The van der Waals surface area contributed by atoms with Crippen molar-refractivity contribution in [1.82, 2.24) is 5.32 Å². The molecule has 22 heavy (non-hydrogen) atoms. The van der Waals surface area contributed by atoms with E-state index in [1.807, 2.05) is 26.0 Å². The van der Waals surface area contributed by atoms with Crippen LogP contribution in [0.4, 0.5) is 0 Å². The third-order valence-electron chi connectivity index (χ3n) is 4.10.